The highest BCUT2D eigenvalue weighted by atomic mass is 35.5. The van der Waals surface area contributed by atoms with E-state index in [1.54, 1.807) is 18.6 Å². The highest BCUT2D eigenvalue weighted by molar-refractivity contribution is 6.31. The fourth-order valence-electron chi connectivity index (χ4n) is 2.09. The van der Waals surface area contributed by atoms with Crippen molar-refractivity contribution in [2.45, 2.75) is 6.04 Å². The smallest absolute Gasteiger partial charge is 0.0705 e. The summed E-state index contributed by atoms with van der Waals surface area (Å²) in [6, 6.07) is 11.5. The molecule has 4 heteroatoms. The van der Waals surface area contributed by atoms with Gasteiger partial charge in [0.15, 0.2) is 0 Å². The lowest BCUT2D eigenvalue weighted by atomic mass is 9.99. The Bertz CT molecular complexity index is 727. The topological polar surface area (TPSA) is 51.8 Å². The second kappa shape index (κ2) is 4.96. The minimum absolute atomic E-state index is 0.276. The van der Waals surface area contributed by atoms with Crippen molar-refractivity contribution in [3.63, 3.8) is 0 Å². The first kappa shape index (κ1) is 12.1. The van der Waals surface area contributed by atoms with Gasteiger partial charge in [-0.1, -0.05) is 29.8 Å². The summed E-state index contributed by atoms with van der Waals surface area (Å²) in [5, 5.41) is 1.68. The highest BCUT2D eigenvalue weighted by Crippen LogP contribution is 2.27. The SMILES string of the molecule is NC(c1ccc2cccnc2c1)c1ccncc1Cl. The van der Waals surface area contributed by atoms with Crippen LogP contribution < -0.4 is 5.73 Å². The van der Waals surface area contributed by atoms with Crippen LogP contribution >= 0.6 is 11.6 Å². The van der Waals surface area contributed by atoms with Crippen LogP contribution in [0.15, 0.2) is 55.0 Å². The number of hydrogen-bond acceptors (Lipinski definition) is 3. The van der Waals surface area contributed by atoms with Crippen LogP contribution in [0.2, 0.25) is 5.02 Å². The molecule has 0 amide bonds. The van der Waals surface area contributed by atoms with E-state index < -0.39 is 0 Å². The zero-order valence-corrected chi connectivity index (χ0v) is 10.9. The maximum Gasteiger partial charge on any atom is 0.0705 e. The Balaban J connectivity index is 2.07. The molecule has 3 rings (SSSR count). The molecule has 0 aliphatic rings. The van der Waals surface area contributed by atoms with Crippen LogP contribution in [0.1, 0.15) is 17.2 Å². The summed E-state index contributed by atoms with van der Waals surface area (Å²) in [4.78, 5) is 8.31. The largest absolute Gasteiger partial charge is 0.320 e. The predicted molar refractivity (Wildman–Crippen MR) is 77.0 cm³/mol. The molecule has 2 N–H and O–H groups in total. The Kier molecular flexibility index (Phi) is 3.15. The molecule has 1 atom stereocenters. The first-order valence-corrected chi connectivity index (χ1v) is 6.33. The van der Waals surface area contributed by atoms with E-state index in [0.29, 0.717) is 5.02 Å². The van der Waals surface area contributed by atoms with E-state index in [9.17, 15) is 0 Å². The minimum atomic E-state index is -0.276. The average Bonchev–Trinajstić information content (AvgIpc) is 2.46. The normalized spacial score (nSPS) is 12.5. The monoisotopic (exact) mass is 269 g/mol. The Morgan fingerprint density at radius 3 is 2.84 bits per heavy atom. The van der Waals surface area contributed by atoms with Crippen molar-refractivity contribution in [1.82, 2.24) is 9.97 Å². The molecule has 0 bridgehead atoms. The number of aromatic nitrogens is 2. The number of nitrogens with two attached hydrogens (primary N) is 1. The summed E-state index contributed by atoms with van der Waals surface area (Å²) >= 11 is 6.13. The molecule has 94 valence electrons. The van der Waals surface area contributed by atoms with Gasteiger partial charge in [0, 0.05) is 24.0 Å². The predicted octanol–water partition coefficient (Wildman–Crippen LogP) is 3.33. The molecule has 0 aliphatic heterocycles. The van der Waals surface area contributed by atoms with E-state index in [2.05, 4.69) is 9.97 Å². The zero-order valence-electron chi connectivity index (χ0n) is 10.1. The molecular weight excluding hydrogens is 258 g/mol. The van der Waals surface area contributed by atoms with Crippen molar-refractivity contribution in [3.8, 4) is 0 Å². The zero-order chi connectivity index (χ0) is 13.2. The molecule has 1 unspecified atom stereocenters. The van der Waals surface area contributed by atoms with Gasteiger partial charge in [0.05, 0.1) is 16.6 Å². The van der Waals surface area contributed by atoms with Crippen LogP contribution in [0, 0.1) is 0 Å². The van der Waals surface area contributed by atoms with Gasteiger partial charge < -0.3 is 5.73 Å². The van der Waals surface area contributed by atoms with Crippen LogP contribution in [0.3, 0.4) is 0 Å². The summed E-state index contributed by atoms with van der Waals surface area (Å²) in [5.74, 6) is 0. The summed E-state index contributed by atoms with van der Waals surface area (Å²) < 4.78 is 0. The van der Waals surface area contributed by atoms with Crippen LogP contribution in [0.5, 0.6) is 0 Å². The summed E-state index contributed by atoms with van der Waals surface area (Å²) in [6.45, 7) is 0. The Hall–Kier alpha value is -1.97. The van der Waals surface area contributed by atoms with Crippen LogP contribution in [0.4, 0.5) is 0 Å². The first-order chi connectivity index (χ1) is 9.25. The van der Waals surface area contributed by atoms with Crippen LogP contribution in [0.25, 0.3) is 10.9 Å². The second-order valence-corrected chi connectivity index (χ2v) is 4.74. The van der Waals surface area contributed by atoms with Gasteiger partial charge in [0.1, 0.15) is 0 Å². The summed E-state index contributed by atoms with van der Waals surface area (Å²) in [7, 11) is 0. The lowest BCUT2D eigenvalue weighted by molar-refractivity contribution is 0.869. The van der Waals surface area contributed by atoms with Gasteiger partial charge in [0.25, 0.3) is 0 Å². The lowest BCUT2D eigenvalue weighted by Gasteiger charge is -2.14. The van der Waals surface area contributed by atoms with E-state index >= 15 is 0 Å². The first-order valence-electron chi connectivity index (χ1n) is 5.95. The molecule has 2 aromatic heterocycles. The molecule has 19 heavy (non-hydrogen) atoms. The number of rotatable bonds is 2. The Morgan fingerprint density at radius 2 is 2.00 bits per heavy atom. The van der Waals surface area contributed by atoms with Crippen molar-refractivity contribution in [1.29, 1.82) is 0 Å². The third-order valence-corrected chi connectivity index (χ3v) is 3.44. The summed E-state index contributed by atoms with van der Waals surface area (Å²) in [5.41, 5.74) is 9.05. The molecule has 0 saturated carbocycles. The fraction of sp³-hybridized carbons (Fsp3) is 0.0667. The van der Waals surface area contributed by atoms with Crippen LogP contribution in [-0.4, -0.2) is 9.97 Å². The molecule has 3 aromatic rings. The van der Waals surface area contributed by atoms with Gasteiger partial charge in [-0.25, -0.2) is 0 Å². The highest BCUT2D eigenvalue weighted by Gasteiger charge is 2.12. The molecule has 0 fully saturated rings. The van der Waals surface area contributed by atoms with Crippen molar-refractivity contribution in [3.05, 3.63) is 71.1 Å². The number of benzene rings is 1. The number of nitrogens with zero attached hydrogens (tertiary/aromatic N) is 2. The molecule has 0 spiro atoms. The minimum Gasteiger partial charge on any atom is -0.320 e. The van der Waals surface area contributed by atoms with Gasteiger partial charge in [-0.3, -0.25) is 9.97 Å². The van der Waals surface area contributed by atoms with Gasteiger partial charge >= 0.3 is 0 Å². The van der Waals surface area contributed by atoms with E-state index in [1.165, 1.54) is 0 Å². The maximum atomic E-state index is 6.27. The number of hydrogen-bond donors (Lipinski definition) is 1. The standard InChI is InChI=1S/C15H12ClN3/c16-13-9-18-7-5-12(13)15(17)11-4-3-10-2-1-6-19-14(10)8-11/h1-9,15H,17H2. The lowest BCUT2D eigenvalue weighted by Crippen LogP contribution is -2.12. The van der Waals surface area contributed by atoms with Gasteiger partial charge in [0.2, 0.25) is 0 Å². The molecule has 2 heterocycles. The Labute approximate surface area is 116 Å². The van der Waals surface area contributed by atoms with Crippen molar-refractivity contribution in [2.75, 3.05) is 0 Å². The van der Waals surface area contributed by atoms with E-state index in [-0.39, 0.29) is 6.04 Å². The number of fused-ring (bicyclic) bond motifs is 1. The average molecular weight is 270 g/mol. The fourth-order valence-corrected chi connectivity index (χ4v) is 2.33. The third-order valence-electron chi connectivity index (χ3n) is 3.13. The van der Waals surface area contributed by atoms with E-state index in [4.69, 9.17) is 17.3 Å². The quantitative estimate of drug-likeness (QED) is 0.776. The van der Waals surface area contributed by atoms with E-state index in [1.807, 2.05) is 36.4 Å². The van der Waals surface area contributed by atoms with Gasteiger partial charge in [-0.2, -0.15) is 0 Å². The molecule has 3 nitrogen and oxygen atoms in total. The van der Waals surface area contributed by atoms with E-state index in [0.717, 1.165) is 22.0 Å². The second-order valence-electron chi connectivity index (χ2n) is 4.33. The molecule has 0 saturated heterocycles. The molecule has 0 radical (unpaired) electrons. The molecule has 0 aliphatic carbocycles. The van der Waals surface area contributed by atoms with Gasteiger partial charge in [-0.15, -0.1) is 0 Å². The van der Waals surface area contributed by atoms with Crippen molar-refractivity contribution in [2.24, 2.45) is 5.73 Å². The summed E-state index contributed by atoms with van der Waals surface area (Å²) in [6.07, 6.45) is 5.08. The Morgan fingerprint density at radius 1 is 1.11 bits per heavy atom. The van der Waals surface area contributed by atoms with Crippen molar-refractivity contribution < 1.29 is 0 Å². The molecular formula is C15H12ClN3. The number of halogens is 1. The van der Waals surface area contributed by atoms with Crippen LogP contribution in [-0.2, 0) is 0 Å². The molecule has 1 aromatic carbocycles. The van der Waals surface area contributed by atoms with Crippen molar-refractivity contribution >= 4 is 22.5 Å². The maximum absolute atomic E-state index is 6.27. The van der Waals surface area contributed by atoms with Gasteiger partial charge in [-0.05, 0) is 29.3 Å². The number of pyridine rings is 2. The third kappa shape index (κ3) is 2.30.